The number of carbonyl (C=O) groups is 1. The molecule has 0 saturated heterocycles. The topological polar surface area (TPSA) is 46.5 Å². The van der Waals surface area contributed by atoms with Crippen LogP contribution >= 0.6 is 11.3 Å². The molecule has 0 aliphatic rings. The van der Waals surface area contributed by atoms with Crippen LogP contribution < -0.4 is 4.74 Å². The number of thiophene rings is 1. The molecule has 94 valence electrons. The van der Waals surface area contributed by atoms with E-state index in [1.807, 2.05) is 0 Å². The summed E-state index contributed by atoms with van der Waals surface area (Å²) in [5, 5.41) is 8.72. The lowest BCUT2D eigenvalue weighted by molar-refractivity contribution is 0.0702. The molecular weight excluding hydrogens is 262 g/mol. The number of carboxylic acids is 1. The minimum Gasteiger partial charge on any atom is -0.482 e. The summed E-state index contributed by atoms with van der Waals surface area (Å²) in [6, 6.07) is 6.40. The summed E-state index contributed by atoms with van der Waals surface area (Å²) in [4.78, 5) is 11.4. The molecule has 1 aromatic heterocycles. The Bertz CT molecular complexity index is 560. The Balaban J connectivity index is 2.09. The first-order valence-electron chi connectivity index (χ1n) is 4.96. The molecule has 6 heteroatoms. The Kier molecular flexibility index (Phi) is 3.57. The van der Waals surface area contributed by atoms with Gasteiger partial charge in [0.2, 0.25) is 0 Å². The molecule has 1 aromatic carbocycles. The first kappa shape index (κ1) is 12.5. The normalized spacial score (nSPS) is 10.3. The van der Waals surface area contributed by atoms with Crippen molar-refractivity contribution in [2.24, 2.45) is 0 Å². The lowest BCUT2D eigenvalue weighted by Gasteiger charge is -2.06. The van der Waals surface area contributed by atoms with Crippen LogP contribution in [0.5, 0.6) is 5.75 Å². The van der Waals surface area contributed by atoms with E-state index in [1.165, 1.54) is 12.1 Å². The van der Waals surface area contributed by atoms with Crippen LogP contribution in [0.15, 0.2) is 30.3 Å². The van der Waals surface area contributed by atoms with Crippen LogP contribution in [0, 0.1) is 11.6 Å². The number of carboxylic acid groups (broad SMARTS) is 1. The molecule has 18 heavy (non-hydrogen) atoms. The summed E-state index contributed by atoms with van der Waals surface area (Å²) in [6.07, 6.45) is 0. The largest absolute Gasteiger partial charge is 0.482 e. The molecule has 0 amide bonds. The second-order valence-corrected chi connectivity index (χ2v) is 4.58. The van der Waals surface area contributed by atoms with Crippen molar-refractivity contribution in [3.8, 4) is 5.75 Å². The molecule has 2 aromatic rings. The lowest BCUT2D eigenvalue weighted by atomic mass is 10.3. The second kappa shape index (κ2) is 5.14. The van der Waals surface area contributed by atoms with Crippen molar-refractivity contribution >= 4 is 17.3 Å². The predicted octanol–water partition coefficient (Wildman–Crippen LogP) is 3.30. The van der Waals surface area contributed by atoms with Crippen LogP contribution in [0.3, 0.4) is 0 Å². The van der Waals surface area contributed by atoms with Crippen LogP contribution in [0.4, 0.5) is 8.78 Å². The number of benzene rings is 1. The van der Waals surface area contributed by atoms with E-state index in [2.05, 4.69) is 0 Å². The van der Waals surface area contributed by atoms with Gasteiger partial charge in [-0.15, -0.1) is 11.3 Å². The molecule has 0 aliphatic carbocycles. The molecule has 0 aliphatic heterocycles. The van der Waals surface area contributed by atoms with Gasteiger partial charge in [0, 0.05) is 4.88 Å². The van der Waals surface area contributed by atoms with Gasteiger partial charge in [-0.2, -0.15) is 0 Å². The van der Waals surface area contributed by atoms with E-state index >= 15 is 0 Å². The summed E-state index contributed by atoms with van der Waals surface area (Å²) >= 11 is 1.00. The average Bonchev–Trinajstić information content (AvgIpc) is 2.77. The fourth-order valence-electron chi connectivity index (χ4n) is 1.33. The van der Waals surface area contributed by atoms with Crippen LogP contribution in [-0.4, -0.2) is 11.1 Å². The number of ether oxygens (including phenoxy) is 1. The maximum absolute atomic E-state index is 13.2. The standard InChI is InChI=1S/C12H8F2O3S/c13-8-2-1-3-9(14)11(8)17-6-7-4-5-10(18-7)12(15)16/h1-5H,6H2,(H,15,16). The summed E-state index contributed by atoms with van der Waals surface area (Å²) in [7, 11) is 0. The minimum absolute atomic E-state index is 0.0736. The van der Waals surface area contributed by atoms with E-state index in [-0.39, 0.29) is 11.5 Å². The molecule has 0 bridgehead atoms. The highest BCUT2D eigenvalue weighted by atomic mass is 32.1. The van der Waals surface area contributed by atoms with E-state index in [9.17, 15) is 13.6 Å². The molecule has 0 unspecified atom stereocenters. The van der Waals surface area contributed by atoms with Gasteiger partial charge in [0.1, 0.15) is 11.5 Å². The first-order valence-corrected chi connectivity index (χ1v) is 5.78. The van der Waals surface area contributed by atoms with Gasteiger partial charge >= 0.3 is 5.97 Å². The fourth-order valence-corrected chi connectivity index (χ4v) is 2.09. The average molecular weight is 270 g/mol. The molecular formula is C12H8F2O3S. The van der Waals surface area contributed by atoms with Crippen molar-refractivity contribution in [2.45, 2.75) is 6.61 Å². The van der Waals surface area contributed by atoms with Crippen molar-refractivity contribution in [1.82, 2.24) is 0 Å². The van der Waals surface area contributed by atoms with E-state index in [1.54, 1.807) is 6.07 Å². The molecule has 2 rings (SSSR count). The molecule has 1 N–H and O–H groups in total. The van der Waals surface area contributed by atoms with Crippen molar-refractivity contribution in [3.63, 3.8) is 0 Å². The third kappa shape index (κ3) is 2.65. The van der Waals surface area contributed by atoms with Gasteiger partial charge in [-0.25, -0.2) is 13.6 Å². The van der Waals surface area contributed by atoms with Crippen molar-refractivity contribution < 1.29 is 23.4 Å². The number of halogens is 2. The molecule has 0 radical (unpaired) electrons. The number of hydrogen-bond acceptors (Lipinski definition) is 3. The van der Waals surface area contributed by atoms with Gasteiger partial charge in [0.05, 0.1) is 0 Å². The molecule has 3 nitrogen and oxygen atoms in total. The monoisotopic (exact) mass is 270 g/mol. The van der Waals surface area contributed by atoms with Crippen LogP contribution in [0.1, 0.15) is 14.5 Å². The summed E-state index contributed by atoms with van der Waals surface area (Å²) in [5.74, 6) is -3.07. The molecule has 0 spiro atoms. The number of hydrogen-bond donors (Lipinski definition) is 1. The Morgan fingerprint density at radius 2 is 1.89 bits per heavy atom. The fraction of sp³-hybridized carbons (Fsp3) is 0.0833. The predicted molar refractivity (Wildman–Crippen MR) is 62.0 cm³/mol. The molecule has 0 fully saturated rings. The number of aromatic carboxylic acids is 1. The van der Waals surface area contributed by atoms with Crippen molar-refractivity contribution in [2.75, 3.05) is 0 Å². The van der Waals surface area contributed by atoms with E-state index in [4.69, 9.17) is 9.84 Å². The van der Waals surface area contributed by atoms with Gasteiger partial charge in [-0.3, -0.25) is 0 Å². The van der Waals surface area contributed by atoms with Gasteiger partial charge < -0.3 is 9.84 Å². The third-order valence-corrected chi connectivity index (χ3v) is 3.20. The highest BCUT2D eigenvalue weighted by Crippen LogP contribution is 2.24. The summed E-state index contributed by atoms with van der Waals surface area (Å²) in [6.45, 7) is -0.0736. The maximum Gasteiger partial charge on any atom is 0.345 e. The first-order chi connectivity index (χ1) is 8.58. The lowest BCUT2D eigenvalue weighted by Crippen LogP contribution is -1.98. The number of rotatable bonds is 4. The quantitative estimate of drug-likeness (QED) is 0.927. The van der Waals surface area contributed by atoms with E-state index < -0.39 is 23.4 Å². The zero-order valence-electron chi connectivity index (χ0n) is 9.02. The van der Waals surface area contributed by atoms with E-state index in [0.717, 1.165) is 23.5 Å². The SMILES string of the molecule is O=C(O)c1ccc(COc2c(F)cccc2F)s1. The minimum atomic E-state index is -1.04. The van der Waals surface area contributed by atoms with Gasteiger partial charge in [-0.1, -0.05) is 6.07 Å². The van der Waals surface area contributed by atoms with Crippen LogP contribution in [-0.2, 0) is 6.61 Å². The molecule has 0 saturated carbocycles. The van der Waals surface area contributed by atoms with Gasteiger partial charge in [-0.05, 0) is 24.3 Å². The van der Waals surface area contributed by atoms with E-state index in [0.29, 0.717) is 4.88 Å². The second-order valence-electron chi connectivity index (χ2n) is 3.41. The Labute approximate surface area is 105 Å². The van der Waals surface area contributed by atoms with Crippen molar-refractivity contribution in [1.29, 1.82) is 0 Å². The maximum atomic E-state index is 13.2. The highest BCUT2D eigenvalue weighted by molar-refractivity contribution is 7.13. The molecule has 0 atom stereocenters. The highest BCUT2D eigenvalue weighted by Gasteiger charge is 2.11. The third-order valence-electron chi connectivity index (χ3n) is 2.15. The van der Waals surface area contributed by atoms with Gasteiger partial charge in [0.15, 0.2) is 17.4 Å². The zero-order chi connectivity index (χ0) is 13.1. The number of para-hydroxylation sites is 1. The Hall–Kier alpha value is -1.95. The van der Waals surface area contributed by atoms with Crippen LogP contribution in [0.2, 0.25) is 0 Å². The Morgan fingerprint density at radius 3 is 2.44 bits per heavy atom. The molecule has 1 heterocycles. The Morgan fingerprint density at radius 1 is 1.22 bits per heavy atom. The van der Waals surface area contributed by atoms with Crippen molar-refractivity contribution in [3.05, 3.63) is 51.7 Å². The van der Waals surface area contributed by atoms with Gasteiger partial charge in [0.25, 0.3) is 0 Å². The zero-order valence-corrected chi connectivity index (χ0v) is 9.84. The summed E-state index contributed by atoms with van der Waals surface area (Å²) < 4.78 is 31.5. The summed E-state index contributed by atoms with van der Waals surface area (Å²) in [5.41, 5.74) is 0. The smallest absolute Gasteiger partial charge is 0.345 e. The van der Waals surface area contributed by atoms with Crippen LogP contribution in [0.25, 0.3) is 0 Å².